The Hall–Kier alpha value is -2.19. The first-order valence-corrected chi connectivity index (χ1v) is 7.23. The molecule has 0 N–H and O–H groups in total. The van der Waals surface area contributed by atoms with Crippen LogP contribution in [0.3, 0.4) is 0 Å². The maximum absolute atomic E-state index is 12.2. The van der Waals surface area contributed by atoms with Gasteiger partial charge in [-0.15, -0.1) is 0 Å². The van der Waals surface area contributed by atoms with Gasteiger partial charge in [0.15, 0.2) is 5.78 Å². The smallest absolute Gasteiger partial charge is 0.163 e. The monoisotopic (exact) mass is 295 g/mol. The maximum Gasteiger partial charge on any atom is 0.163 e. The van der Waals surface area contributed by atoms with E-state index in [2.05, 4.69) is 4.98 Å². The van der Waals surface area contributed by atoms with E-state index < -0.39 is 0 Å². The van der Waals surface area contributed by atoms with Crippen molar-refractivity contribution in [2.75, 3.05) is 0 Å². The number of halogens is 1. The fraction of sp³-hybridized carbons (Fsp3) is 0.111. The van der Waals surface area contributed by atoms with Crippen molar-refractivity contribution in [3.63, 3.8) is 0 Å². The fourth-order valence-corrected chi connectivity index (χ4v) is 2.59. The molecule has 0 aliphatic heterocycles. The van der Waals surface area contributed by atoms with Crippen LogP contribution < -0.4 is 0 Å². The number of aromatic nitrogens is 1. The van der Waals surface area contributed by atoms with Crippen molar-refractivity contribution in [3.05, 3.63) is 77.1 Å². The molecule has 0 aliphatic rings. The number of hydrogen-bond donors (Lipinski definition) is 0. The van der Waals surface area contributed by atoms with Gasteiger partial charge in [-0.3, -0.25) is 9.78 Å². The molecule has 0 fully saturated rings. The molecule has 0 amide bonds. The Bertz CT molecular complexity index is 784. The summed E-state index contributed by atoms with van der Waals surface area (Å²) >= 11 is 6.00. The maximum atomic E-state index is 12.2. The summed E-state index contributed by atoms with van der Waals surface area (Å²) in [5, 5.41) is 2.82. The number of aryl methyl sites for hydroxylation is 1. The SMILES string of the molecule is O=C(CCc1nccc2cc(Cl)ccc12)c1ccccc1. The Morgan fingerprint density at radius 3 is 2.67 bits per heavy atom. The lowest BCUT2D eigenvalue weighted by molar-refractivity contribution is 0.0982. The lowest BCUT2D eigenvalue weighted by Crippen LogP contribution is -2.02. The van der Waals surface area contributed by atoms with E-state index in [-0.39, 0.29) is 5.78 Å². The third kappa shape index (κ3) is 3.11. The van der Waals surface area contributed by atoms with E-state index in [0.717, 1.165) is 22.0 Å². The van der Waals surface area contributed by atoms with Gasteiger partial charge in [-0.1, -0.05) is 48.0 Å². The predicted molar refractivity (Wildman–Crippen MR) is 85.8 cm³/mol. The Morgan fingerprint density at radius 1 is 1.05 bits per heavy atom. The molecule has 104 valence electrons. The van der Waals surface area contributed by atoms with E-state index in [4.69, 9.17) is 11.6 Å². The molecule has 0 saturated heterocycles. The molecule has 21 heavy (non-hydrogen) atoms. The van der Waals surface area contributed by atoms with Gasteiger partial charge < -0.3 is 0 Å². The topological polar surface area (TPSA) is 30.0 Å². The van der Waals surface area contributed by atoms with Crippen LogP contribution in [-0.2, 0) is 6.42 Å². The van der Waals surface area contributed by atoms with Crippen molar-refractivity contribution in [1.82, 2.24) is 4.98 Å². The molecule has 1 heterocycles. The highest BCUT2D eigenvalue weighted by atomic mass is 35.5. The van der Waals surface area contributed by atoms with Gasteiger partial charge in [0.25, 0.3) is 0 Å². The van der Waals surface area contributed by atoms with Gasteiger partial charge in [0.2, 0.25) is 0 Å². The van der Waals surface area contributed by atoms with Crippen LogP contribution in [0.5, 0.6) is 0 Å². The second kappa shape index (κ2) is 6.06. The van der Waals surface area contributed by atoms with Gasteiger partial charge >= 0.3 is 0 Å². The zero-order chi connectivity index (χ0) is 14.7. The molecule has 0 spiro atoms. The second-order valence-electron chi connectivity index (χ2n) is 4.91. The minimum Gasteiger partial charge on any atom is -0.294 e. The third-order valence-corrected chi connectivity index (χ3v) is 3.73. The molecule has 2 nitrogen and oxygen atoms in total. The molecule has 3 aromatic rings. The van der Waals surface area contributed by atoms with Crippen LogP contribution >= 0.6 is 11.6 Å². The Balaban J connectivity index is 1.81. The van der Waals surface area contributed by atoms with Gasteiger partial charge in [0.1, 0.15) is 0 Å². The predicted octanol–water partition coefficient (Wildman–Crippen LogP) is 4.70. The van der Waals surface area contributed by atoms with Gasteiger partial charge in [0, 0.05) is 34.3 Å². The molecule has 3 rings (SSSR count). The van der Waals surface area contributed by atoms with Crippen molar-refractivity contribution in [2.24, 2.45) is 0 Å². The molecular weight excluding hydrogens is 282 g/mol. The quantitative estimate of drug-likeness (QED) is 0.653. The number of benzene rings is 2. The van der Waals surface area contributed by atoms with Crippen molar-refractivity contribution in [1.29, 1.82) is 0 Å². The van der Waals surface area contributed by atoms with E-state index in [1.165, 1.54) is 0 Å². The van der Waals surface area contributed by atoms with E-state index in [1.807, 2.05) is 54.6 Å². The van der Waals surface area contributed by atoms with Crippen molar-refractivity contribution >= 4 is 28.2 Å². The Kier molecular flexibility index (Phi) is 3.98. The van der Waals surface area contributed by atoms with E-state index in [9.17, 15) is 4.79 Å². The van der Waals surface area contributed by atoms with Crippen LogP contribution in [0.4, 0.5) is 0 Å². The first-order valence-electron chi connectivity index (χ1n) is 6.85. The highest BCUT2D eigenvalue weighted by Crippen LogP contribution is 2.22. The Morgan fingerprint density at radius 2 is 1.86 bits per heavy atom. The number of fused-ring (bicyclic) bond motifs is 1. The Labute approximate surface area is 128 Å². The normalized spacial score (nSPS) is 10.7. The third-order valence-electron chi connectivity index (χ3n) is 3.49. The van der Waals surface area contributed by atoms with Crippen LogP contribution in [0, 0.1) is 0 Å². The summed E-state index contributed by atoms with van der Waals surface area (Å²) in [7, 11) is 0. The van der Waals surface area contributed by atoms with E-state index in [0.29, 0.717) is 17.9 Å². The molecule has 0 atom stereocenters. The zero-order valence-corrected chi connectivity index (χ0v) is 12.2. The first-order chi connectivity index (χ1) is 10.2. The highest BCUT2D eigenvalue weighted by molar-refractivity contribution is 6.31. The van der Waals surface area contributed by atoms with Gasteiger partial charge in [-0.05, 0) is 30.0 Å². The minimum atomic E-state index is 0.142. The summed E-state index contributed by atoms with van der Waals surface area (Å²) in [6.45, 7) is 0. The molecular formula is C18H14ClNO. The largest absolute Gasteiger partial charge is 0.294 e. The van der Waals surface area contributed by atoms with Crippen LogP contribution in [0.1, 0.15) is 22.5 Å². The molecule has 0 aliphatic carbocycles. The standard InChI is InChI=1S/C18H14ClNO/c19-15-6-7-16-14(12-15)10-11-20-17(16)8-9-18(21)13-4-2-1-3-5-13/h1-7,10-12H,8-9H2. The van der Waals surface area contributed by atoms with Crippen molar-refractivity contribution < 1.29 is 4.79 Å². The number of rotatable bonds is 4. The average Bonchev–Trinajstić information content (AvgIpc) is 2.53. The number of Topliss-reactive ketones (excluding diaryl/α,β-unsaturated/α-hetero) is 1. The number of hydrogen-bond acceptors (Lipinski definition) is 2. The van der Waals surface area contributed by atoms with Gasteiger partial charge in [-0.25, -0.2) is 0 Å². The summed E-state index contributed by atoms with van der Waals surface area (Å²) in [4.78, 5) is 16.6. The van der Waals surface area contributed by atoms with Crippen LogP contribution in [-0.4, -0.2) is 10.8 Å². The lowest BCUT2D eigenvalue weighted by Gasteiger charge is -2.06. The first kappa shape index (κ1) is 13.8. The molecule has 0 radical (unpaired) electrons. The van der Waals surface area contributed by atoms with Crippen LogP contribution in [0.25, 0.3) is 10.8 Å². The van der Waals surface area contributed by atoms with Crippen LogP contribution in [0.15, 0.2) is 60.8 Å². The van der Waals surface area contributed by atoms with E-state index in [1.54, 1.807) is 6.20 Å². The number of pyridine rings is 1. The number of ketones is 1. The second-order valence-corrected chi connectivity index (χ2v) is 5.35. The molecule has 0 saturated carbocycles. The summed E-state index contributed by atoms with van der Waals surface area (Å²) < 4.78 is 0. The van der Waals surface area contributed by atoms with E-state index >= 15 is 0 Å². The van der Waals surface area contributed by atoms with Crippen molar-refractivity contribution in [3.8, 4) is 0 Å². The average molecular weight is 296 g/mol. The van der Waals surface area contributed by atoms with Crippen molar-refractivity contribution in [2.45, 2.75) is 12.8 Å². The molecule has 0 unspecified atom stereocenters. The highest BCUT2D eigenvalue weighted by Gasteiger charge is 2.08. The van der Waals surface area contributed by atoms with Gasteiger partial charge in [0.05, 0.1) is 0 Å². The minimum absolute atomic E-state index is 0.142. The lowest BCUT2D eigenvalue weighted by atomic mass is 10.0. The molecule has 0 bridgehead atoms. The zero-order valence-electron chi connectivity index (χ0n) is 11.4. The van der Waals surface area contributed by atoms with Gasteiger partial charge in [-0.2, -0.15) is 0 Å². The number of carbonyl (C=O) groups excluding carboxylic acids is 1. The summed E-state index contributed by atoms with van der Waals surface area (Å²) in [5.74, 6) is 0.142. The molecule has 1 aromatic heterocycles. The number of nitrogens with zero attached hydrogens (tertiary/aromatic N) is 1. The molecule has 2 aromatic carbocycles. The summed E-state index contributed by atoms with van der Waals surface area (Å²) in [6.07, 6.45) is 2.85. The van der Waals surface area contributed by atoms with Crippen LogP contribution in [0.2, 0.25) is 5.02 Å². The summed E-state index contributed by atoms with van der Waals surface area (Å²) in [6, 6.07) is 17.0. The summed E-state index contributed by atoms with van der Waals surface area (Å²) in [5.41, 5.74) is 1.69. The number of carbonyl (C=O) groups is 1. The fourth-order valence-electron chi connectivity index (χ4n) is 2.41. The molecule has 3 heteroatoms.